The third-order valence-corrected chi connectivity index (χ3v) is 5.62. The maximum Gasteiger partial charge on any atom is 0.337 e. The summed E-state index contributed by atoms with van der Waals surface area (Å²) in [6.07, 6.45) is 1.77. The normalized spacial score (nSPS) is 10.7. The van der Waals surface area contributed by atoms with E-state index in [1.165, 1.54) is 6.07 Å². The minimum absolute atomic E-state index is 0.0564. The van der Waals surface area contributed by atoms with Gasteiger partial charge in [0.15, 0.2) is 0 Å². The number of hydrogen-bond acceptors (Lipinski definition) is 5. The summed E-state index contributed by atoms with van der Waals surface area (Å²) in [6.45, 7) is 3.01. The fraction of sp³-hybridized carbons (Fsp3) is 0.192. The van der Waals surface area contributed by atoms with Crippen molar-refractivity contribution in [2.45, 2.75) is 26.3 Å². The Morgan fingerprint density at radius 1 is 0.971 bits per heavy atom. The molecule has 1 heterocycles. The van der Waals surface area contributed by atoms with Crippen LogP contribution in [0.25, 0.3) is 22.5 Å². The standard InChI is InChI=1S/C26H26N6O3/c1-2-3-16-32(26(35)27-23-11-7-6-10-22(23)25(33)34)17-18-12-14-19(15-13-18)20-8-4-5-9-21(20)24-28-30-31-29-24/h4-15H,2-3,16-17H2,1H3,(H,27,35)(H,33,34)(H,28,29,30,31). The molecule has 0 radical (unpaired) electrons. The smallest absolute Gasteiger partial charge is 0.337 e. The molecule has 0 spiro atoms. The van der Waals surface area contributed by atoms with Crippen molar-refractivity contribution in [2.24, 2.45) is 0 Å². The van der Waals surface area contributed by atoms with Crippen molar-refractivity contribution in [3.63, 3.8) is 0 Å². The van der Waals surface area contributed by atoms with Crippen LogP contribution in [0.2, 0.25) is 0 Å². The number of carboxylic acid groups (broad SMARTS) is 1. The zero-order chi connectivity index (χ0) is 24.6. The third kappa shape index (κ3) is 5.70. The number of carbonyl (C=O) groups is 2. The molecule has 0 unspecified atom stereocenters. The van der Waals surface area contributed by atoms with Crippen LogP contribution in [-0.4, -0.2) is 49.2 Å². The van der Waals surface area contributed by atoms with Crippen molar-refractivity contribution in [1.82, 2.24) is 25.5 Å². The number of amides is 2. The minimum Gasteiger partial charge on any atom is -0.478 e. The zero-order valence-electron chi connectivity index (χ0n) is 19.3. The Morgan fingerprint density at radius 2 is 1.69 bits per heavy atom. The highest BCUT2D eigenvalue weighted by Gasteiger charge is 2.18. The van der Waals surface area contributed by atoms with E-state index in [0.717, 1.165) is 35.1 Å². The number of tetrazole rings is 1. The number of aromatic amines is 1. The minimum atomic E-state index is -1.09. The van der Waals surface area contributed by atoms with Crippen LogP contribution in [0.3, 0.4) is 0 Å². The van der Waals surface area contributed by atoms with Crippen molar-refractivity contribution in [3.05, 3.63) is 83.9 Å². The Kier molecular flexibility index (Phi) is 7.47. The van der Waals surface area contributed by atoms with Crippen LogP contribution >= 0.6 is 0 Å². The number of urea groups is 1. The molecular weight excluding hydrogens is 444 g/mol. The third-order valence-electron chi connectivity index (χ3n) is 5.62. The molecule has 4 aromatic rings. The molecular formula is C26H26N6O3. The van der Waals surface area contributed by atoms with Gasteiger partial charge in [-0.2, -0.15) is 5.21 Å². The van der Waals surface area contributed by atoms with E-state index in [1.807, 2.05) is 48.5 Å². The van der Waals surface area contributed by atoms with Crippen LogP contribution in [0.4, 0.5) is 10.5 Å². The summed E-state index contributed by atoms with van der Waals surface area (Å²) in [7, 11) is 0. The lowest BCUT2D eigenvalue weighted by Crippen LogP contribution is -2.35. The number of nitrogens with one attached hydrogen (secondary N) is 2. The van der Waals surface area contributed by atoms with Crippen molar-refractivity contribution >= 4 is 17.7 Å². The SMILES string of the molecule is CCCCN(Cc1ccc(-c2ccccc2-c2nn[nH]n2)cc1)C(=O)Nc1ccccc1C(=O)O. The van der Waals surface area contributed by atoms with Gasteiger partial charge >= 0.3 is 12.0 Å². The Hall–Kier alpha value is -4.53. The summed E-state index contributed by atoms with van der Waals surface area (Å²) in [6, 6.07) is 21.9. The van der Waals surface area contributed by atoms with Crippen LogP contribution in [0.15, 0.2) is 72.8 Å². The van der Waals surface area contributed by atoms with Gasteiger partial charge in [0.25, 0.3) is 0 Å². The number of nitrogens with zero attached hydrogens (tertiary/aromatic N) is 4. The molecule has 0 fully saturated rings. The topological polar surface area (TPSA) is 124 Å². The highest BCUT2D eigenvalue weighted by atomic mass is 16.4. The number of carboxylic acids is 1. The second-order valence-corrected chi connectivity index (χ2v) is 8.03. The maximum absolute atomic E-state index is 13.1. The summed E-state index contributed by atoms with van der Waals surface area (Å²) in [4.78, 5) is 26.3. The molecule has 9 heteroatoms. The molecule has 35 heavy (non-hydrogen) atoms. The molecule has 0 atom stereocenters. The summed E-state index contributed by atoms with van der Waals surface area (Å²) in [5, 5.41) is 26.5. The lowest BCUT2D eigenvalue weighted by Gasteiger charge is -2.24. The van der Waals surface area contributed by atoms with E-state index >= 15 is 0 Å². The quantitative estimate of drug-likeness (QED) is 0.314. The molecule has 3 N–H and O–H groups in total. The second-order valence-electron chi connectivity index (χ2n) is 8.03. The molecule has 1 aromatic heterocycles. The van der Waals surface area contributed by atoms with Gasteiger partial charge in [-0.25, -0.2) is 9.59 Å². The number of unbranched alkanes of at least 4 members (excludes halogenated alkanes) is 1. The number of aromatic carboxylic acids is 1. The zero-order valence-corrected chi connectivity index (χ0v) is 19.3. The first-order valence-electron chi connectivity index (χ1n) is 11.4. The Labute approximate surface area is 202 Å². The van der Waals surface area contributed by atoms with Gasteiger partial charge in [-0.3, -0.25) is 0 Å². The summed E-state index contributed by atoms with van der Waals surface area (Å²) < 4.78 is 0. The van der Waals surface area contributed by atoms with Crippen LogP contribution < -0.4 is 5.32 Å². The number of rotatable bonds is 9. The molecule has 0 bridgehead atoms. The fourth-order valence-corrected chi connectivity index (χ4v) is 3.79. The first-order valence-corrected chi connectivity index (χ1v) is 11.4. The van der Waals surface area contributed by atoms with Gasteiger partial charge in [-0.05, 0) is 40.5 Å². The number of H-pyrrole nitrogens is 1. The number of para-hydroxylation sites is 1. The van der Waals surface area contributed by atoms with Gasteiger partial charge in [0.2, 0.25) is 5.82 Å². The summed E-state index contributed by atoms with van der Waals surface area (Å²) in [5.41, 5.74) is 4.14. The van der Waals surface area contributed by atoms with Gasteiger partial charge in [-0.15, -0.1) is 10.2 Å². The van der Waals surface area contributed by atoms with Gasteiger partial charge in [0.05, 0.1) is 11.3 Å². The number of benzene rings is 3. The summed E-state index contributed by atoms with van der Waals surface area (Å²) >= 11 is 0. The van der Waals surface area contributed by atoms with Crippen molar-refractivity contribution in [1.29, 1.82) is 0 Å². The molecule has 3 aromatic carbocycles. The number of carbonyl (C=O) groups excluding carboxylic acids is 1. The van der Waals surface area contributed by atoms with E-state index in [1.54, 1.807) is 23.1 Å². The number of hydrogen-bond donors (Lipinski definition) is 3. The van der Waals surface area contributed by atoms with Crippen LogP contribution in [-0.2, 0) is 6.54 Å². The number of aromatic nitrogens is 4. The Balaban J connectivity index is 1.53. The molecule has 178 valence electrons. The molecule has 2 amide bonds. The molecule has 9 nitrogen and oxygen atoms in total. The monoisotopic (exact) mass is 470 g/mol. The molecule has 0 saturated carbocycles. The van der Waals surface area contributed by atoms with E-state index in [0.29, 0.717) is 18.9 Å². The van der Waals surface area contributed by atoms with E-state index in [-0.39, 0.29) is 17.3 Å². The van der Waals surface area contributed by atoms with Crippen LogP contribution in [0.5, 0.6) is 0 Å². The highest BCUT2D eigenvalue weighted by Crippen LogP contribution is 2.30. The van der Waals surface area contributed by atoms with Gasteiger partial charge in [0, 0.05) is 18.7 Å². The Bertz CT molecular complexity index is 1290. The van der Waals surface area contributed by atoms with E-state index < -0.39 is 5.97 Å². The molecule has 0 aliphatic carbocycles. The van der Waals surface area contributed by atoms with Gasteiger partial charge < -0.3 is 15.3 Å². The second kappa shape index (κ2) is 11.1. The van der Waals surface area contributed by atoms with Crippen molar-refractivity contribution < 1.29 is 14.7 Å². The van der Waals surface area contributed by atoms with Crippen molar-refractivity contribution in [3.8, 4) is 22.5 Å². The predicted octanol–water partition coefficient (Wildman–Crippen LogP) is 5.07. The first kappa shape index (κ1) is 23.6. The van der Waals surface area contributed by atoms with Crippen LogP contribution in [0.1, 0.15) is 35.7 Å². The van der Waals surface area contributed by atoms with E-state index in [2.05, 4.69) is 32.9 Å². The molecule has 0 saturated heterocycles. The van der Waals surface area contributed by atoms with Gasteiger partial charge in [-0.1, -0.05) is 74.0 Å². The van der Waals surface area contributed by atoms with E-state index in [4.69, 9.17) is 0 Å². The Morgan fingerprint density at radius 3 is 2.37 bits per heavy atom. The van der Waals surface area contributed by atoms with E-state index in [9.17, 15) is 14.7 Å². The summed E-state index contributed by atoms with van der Waals surface area (Å²) in [5.74, 6) is -0.563. The largest absolute Gasteiger partial charge is 0.478 e. The lowest BCUT2D eigenvalue weighted by molar-refractivity contribution is 0.0698. The lowest BCUT2D eigenvalue weighted by atomic mass is 9.98. The average molecular weight is 471 g/mol. The molecule has 4 rings (SSSR count). The highest BCUT2D eigenvalue weighted by molar-refractivity contribution is 6.00. The van der Waals surface area contributed by atoms with Crippen molar-refractivity contribution in [2.75, 3.05) is 11.9 Å². The maximum atomic E-state index is 13.1. The first-order chi connectivity index (χ1) is 17.1. The van der Waals surface area contributed by atoms with Gasteiger partial charge in [0.1, 0.15) is 0 Å². The molecule has 0 aliphatic heterocycles. The van der Waals surface area contributed by atoms with Crippen LogP contribution in [0, 0.1) is 0 Å². The molecule has 0 aliphatic rings. The predicted molar refractivity (Wildman–Crippen MR) is 133 cm³/mol. The average Bonchev–Trinajstić information content (AvgIpc) is 3.42. The fourth-order valence-electron chi connectivity index (χ4n) is 3.79. The number of anilines is 1.